The zero-order valence-electron chi connectivity index (χ0n) is 21.9. The van der Waals surface area contributed by atoms with Gasteiger partial charge in [0.15, 0.2) is 5.71 Å². The second-order valence-corrected chi connectivity index (χ2v) is 11.0. The highest BCUT2D eigenvalue weighted by molar-refractivity contribution is 6.49. The normalized spacial score (nSPS) is 20.4. The molecule has 196 valence electrons. The van der Waals surface area contributed by atoms with Crippen molar-refractivity contribution < 1.29 is 23.9 Å². The fourth-order valence-electron chi connectivity index (χ4n) is 5.16. The lowest BCUT2D eigenvalue weighted by Crippen LogP contribution is -2.44. The minimum absolute atomic E-state index is 0.0966. The first-order valence-corrected chi connectivity index (χ1v) is 12.9. The number of oxime groups is 1. The first kappa shape index (κ1) is 25.3. The topological polar surface area (TPSA) is 96.5 Å². The van der Waals surface area contributed by atoms with Crippen molar-refractivity contribution in [1.82, 2.24) is 4.90 Å². The number of likely N-dealkylation sites (tertiary alicyclic amines) is 1. The molecule has 0 saturated carbocycles. The summed E-state index contributed by atoms with van der Waals surface area (Å²) in [6.45, 7) is 11.2. The van der Waals surface area contributed by atoms with Gasteiger partial charge in [-0.3, -0.25) is 9.69 Å². The van der Waals surface area contributed by atoms with Crippen molar-refractivity contribution in [2.24, 2.45) is 5.16 Å². The Morgan fingerprint density at radius 2 is 1.84 bits per heavy atom. The third-order valence-electron chi connectivity index (χ3n) is 7.14. The van der Waals surface area contributed by atoms with Crippen LogP contribution in [-0.2, 0) is 14.9 Å². The van der Waals surface area contributed by atoms with E-state index in [1.165, 1.54) is 0 Å². The number of amides is 1. The number of carbonyl (C=O) groups is 1. The predicted molar refractivity (Wildman–Crippen MR) is 143 cm³/mol. The molecule has 0 radical (unpaired) electrons. The molecule has 3 heterocycles. The standard InChI is InChI=1S/C29H35N3O5/c1-18-23(15-26(36-18)29(2,3)4)27(31-34)28(33)30-24-11-12-25(22-8-6-5-7-21(22)24)35-14-13-32-16-19-9-10-20(17-32)37-19/h5-8,11-12,15,19-20,34H,9-10,13-14,16-17H2,1-4H3,(H,30,33). The van der Waals surface area contributed by atoms with Gasteiger partial charge in [0, 0.05) is 41.5 Å². The molecule has 2 aliphatic heterocycles. The fraction of sp³-hybridized carbons (Fsp3) is 0.448. The van der Waals surface area contributed by atoms with Crippen LogP contribution in [0.1, 0.15) is 50.7 Å². The molecule has 2 atom stereocenters. The van der Waals surface area contributed by atoms with Crippen LogP contribution in [-0.4, -0.2) is 60.2 Å². The monoisotopic (exact) mass is 505 g/mol. The second kappa shape index (κ2) is 10.2. The Labute approximate surface area is 217 Å². The van der Waals surface area contributed by atoms with E-state index in [0.29, 0.717) is 41.6 Å². The Balaban J connectivity index is 1.30. The van der Waals surface area contributed by atoms with E-state index < -0.39 is 5.91 Å². The third-order valence-corrected chi connectivity index (χ3v) is 7.14. The number of nitrogens with zero attached hydrogens (tertiary/aromatic N) is 2. The number of benzene rings is 2. The molecule has 2 aromatic carbocycles. The van der Waals surface area contributed by atoms with Crippen LogP contribution < -0.4 is 10.1 Å². The number of nitrogens with one attached hydrogen (secondary N) is 1. The smallest absolute Gasteiger partial charge is 0.278 e. The summed E-state index contributed by atoms with van der Waals surface area (Å²) in [7, 11) is 0. The van der Waals surface area contributed by atoms with Crippen LogP contribution in [0.5, 0.6) is 5.75 Å². The van der Waals surface area contributed by atoms with Crippen LogP contribution >= 0.6 is 0 Å². The molecule has 2 saturated heterocycles. The SMILES string of the molecule is Cc1oc(C(C)(C)C)cc1C(=NO)C(=O)Nc1ccc(OCCN2CC3CCC(C2)O3)c2ccccc12. The molecule has 2 fully saturated rings. The second-order valence-electron chi connectivity index (χ2n) is 11.0. The van der Waals surface area contributed by atoms with Crippen LogP contribution in [0.15, 0.2) is 52.0 Å². The van der Waals surface area contributed by atoms with Crippen LogP contribution in [0.2, 0.25) is 0 Å². The van der Waals surface area contributed by atoms with Crippen LogP contribution in [0, 0.1) is 6.92 Å². The summed E-state index contributed by atoms with van der Waals surface area (Å²) in [5.74, 6) is 1.48. The van der Waals surface area contributed by atoms with E-state index in [4.69, 9.17) is 13.9 Å². The van der Waals surface area contributed by atoms with Crippen molar-refractivity contribution in [2.75, 3.05) is 31.6 Å². The summed E-state index contributed by atoms with van der Waals surface area (Å²) in [5.41, 5.74) is 0.732. The van der Waals surface area contributed by atoms with E-state index in [2.05, 4.69) is 15.4 Å². The number of hydrogen-bond donors (Lipinski definition) is 2. The number of fused-ring (bicyclic) bond motifs is 3. The van der Waals surface area contributed by atoms with Crippen LogP contribution in [0.25, 0.3) is 10.8 Å². The lowest BCUT2D eigenvalue weighted by Gasteiger charge is -2.31. The number of morpholine rings is 1. The van der Waals surface area contributed by atoms with Crippen LogP contribution in [0.3, 0.4) is 0 Å². The summed E-state index contributed by atoms with van der Waals surface area (Å²) < 4.78 is 18.0. The number of ether oxygens (including phenoxy) is 2. The van der Waals surface area contributed by atoms with E-state index in [-0.39, 0.29) is 11.1 Å². The first-order chi connectivity index (χ1) is 17.7. The van der Waals surface area contributed by atoms with E-state index in [0.717, 1.165) is 49.0 Å². The Hall–Kier alpha value is -3.36. The fourth-order valence-corrected chi connectivity index (χ4v) is 5.16. The summed E-state index contributed by atoms with van der Waals surface area (Å²) >= 11 is 0. The van der Waals surface area contributed by atoms with Gasteiger partial charge >= 0.3 is 0 Å². The van der Waals surface area contributed by atoms with E-state index >= 15 is 0 Å². The number of anilines is 1. The minimum atomic E-state index is -0.521. The van der Waals surface area contributed by atoms with Gasteiger partial charge < -0.3 is 24.4 Å². The maximum Gasteiger partial charge on any atom is 0.278 e. The molecule has 2 unspecified atom stereocenters. The van der Waals surface area contributed by atoms with Crippen molar-refractivity contribution >= 4 is 28.1 Å². The van der Waals surface area contributed by atoms with Gasteiger partial charge in [0.25, 0.3) is 5.91 Å². The number of carbonyl (C=O) groups excluding carboxylic acids is 1. The van der Waals surface area contributed by atoms with E-state index in [1.807, 2.05) is 57.2 Å². The Kier molecular flexibility index (Phi) is 6.96. The Morgan fingerprint density at radius 1 is 1.14 bits per heavy atom. The van der Waals surface area contributed by atoms with Gasteiger partial charge in [0.1, 0.15) is 23.9 Å². The maximum absolute atomic E-state index is 13.2. The van der Waals surface area contributed by atoms with Gasteiger partial charge in [-0.1, -0.05) is 50.2 Å². The molecule has 5 rings (SSSR count). The Morgan fingerprint density at radius 3 is 2.49 bits per heavy atom. The van der Waals surface area contributed by atoms with E-state index in [9.17, 15) is 10.0 Å². The molecule has 1 aromatic heterocycles. The van der Waals surface area contributed by atoms with Crippen molar-refractivity contribution in [2.45, 2.75) is 58.2 Å². The molecule has 3 aromatic rings. The molecular formula is C29H35N3O5. The molecule has 2 aliphatic rings. The van der Waals surface area contributed by atoms with Gasteiger partial charge in [-0.2, -0.15) is 0 Å². The molecule has 0 spiro atoms. The lowest BCUT2D eigenvalue weighted by molar-refractivity contribution is -0.110. The molecule has 8 nitrogen and oxygen atoms in total. The zero-order chi connectivity index (χ0) is 26.2. The van der Waals surface area contributed by atoms with Gasteiger partial charge in [0.2, 0.25) is 0 Å². The molecule has 8 heteroatoms. The van der Waals surface area contributed by atoms with Crippen molar-refractivity contribution in [3.8, 4) is 5.75 Å². The summed E-state index contributed by atoms with van der Waals surface area (Å²) in [4.78, 5) is 15.6. The number of rotatable bonds is 7. The van der Waals surface area contributed by atoms with Crippen molar-refractivity contribution in [3.63, 3.8) is 0 Å². The van der Waals surface area contributed by atoms with Crippen molar-refractivity contribution in [3.05, 3.63) is 59.5 Å². The summed E-state index contributed by atoms with van der Waals surface area (Å²) in [5, 5.41) is 17.7. The first-order valence-electron chi connectivity index (χ1n) is 12.9. The summed E-state index contributed by atoms with van der Waals surface area (Å²) in [6.07, 6.45) is 3.03. The van der Waals surface area contributed by atoms with Gasteiger partial charge in [0.05, 0.1) is 17.8 Å². The quantitative estimate of drug-likeness (QED) is 0.264. The highest BCUT2D eigenvalue weighted by Crippen LogP contribution is 2.33. The molecular weight excluding hydrogens is 470 g/mol. The number of furan rings is 1. The third kappa shape index (κ3) is 5.36. The molecule has 2 bridgehead atoms. The molecule has 37 heavy (non-hydrogen) atoms. The predicted octanol–water partition coefficient (Wildman–Crippen LogP) is 5.10. The molecule has 0 aliphatic carbocycles. The largest absolute Gasteiger partial charge is 0.492 e. The van der Waals surface area contributed by atoms with Gasteiger partial charge in [-0.15, -0.1) is 0 Å². The van der Waals surface area contributed by atoms with Crippen LogP contribution in [0.4, 0.5) is 5.69 Å². The van der Waals surface area contributed by atoms with Gasteiger partial charge in [-0.25, -0.2) is 0 Å². The lowest BCUT2D eigenvalue weighted by atomic mass is 9.92. The average Bonchev–Trinajstić information content (AvgIpc) is 3.42. The molecule has 2 N–H and O–H groups in total. The maximum atomic E-state index is 13.2. The zero-order valence-corrected chi connectivity index (χ0v) is 21.9. The minimum Gasteiger partial charge on any atom is -0.492 e. The number of aryl methyl sites for hydroxylation is 1. The Bertz CT molecular complexity index is 1310. The van der Waals surface area contributed by atoms with Gasteiger partial charge in [-0.05, 0) is 38.0 Å². The average molecular weight is 506 g/mol. The number of hydrogen-bond acceptors (Lipinski definition) is 7. The molecule has 1 amide bonds. The highest BCUT2D eigenvalue weighted by atomic mass is 16.5. The summed E-state index contributed by atoms with van der Waals surface area (Å²) in [6, 6.07) is 13.2. The van der Waals surface area contributed by atoms with E-state index in [1.54, 1.807) is 13.0 Å². The van der Waals surface area contributed by atoms with Crippen molar-refractivity contribution in [1.29, 1.82) is 0 Å². The highest BCUT2D eigenvalue weighted by Gasteiger charge is 2.33.